The summed E-state index contributed by atoms with van der Waals surface area (Å²) in [5, 5.41) is 3.73. The minimum Gasteiger partial charge on any atom is -0.497 e. The second-order valence-electron chi connectivity index (χ2n) is 12.0. The number of benzene rings is 6. The van der Waals surface area contributed by atoms with Gasteiger partial charge in [-0.25, -0.2) is 17.6 Å². The van der Waals surface area contributed by atoms with Crippen LogP contribution in [0.2, 0.25) is 10.0 Å². The summed E-state index contributed by atoms with van der Waals surface area (Å²) in [6.07, 6.45) is 0. The predicted molar refractivity (Wildman–Crippen MR) is 199 cm³/mol. The molecule has 2 atom stereocenters. The van der Waals surface area contributed by atoms with Crippen LogP contribution >= 0.6 is 31.1 Å². The van der Waals surface area contributed by atoms with Crippen molar-refractivity contribution in [3.63, 3.8) is 0 Å². The van der Waals surface area contributed by atoms with Gasteiger partial charge in [0.05, 0.1) is 13.2 Å². The highest BCUT2D eigenvalue weighted by atomic mass is 35.5. The molecule has 0 N–H and O–H groups in total. The average molecular weight is 758 g/mol. The van der Waals surface area contributed by atoms with Crippen LogP contribution in [-0.2, 0) is 0 Å². The molecule has 6 aromatic rings. The normalized spacial score (nSPS) is 15.5. The zero-order valence-corrected chi connectivity index (χ0v) is 29.7. The van der Waals surface area contributed by atoms with E-state index in [2.05, 4.69) is 0 Å². The van der Waals surface area contributed by atoms with Crippen molar-refractivity contribution >= 4 is 58.8 Å². The molecule has 1 amide bonds. The van der Waals surface area contributed by atoms with Crippen molar-refractivity contribution in [2.24, 2.45) is 4.99 Å². The Labute approximate surface area is 308 Å². The molecule has 11 heteroatoms. The number of amides is 1. The maximum atomic E-state index is 15.0. The lowest BCUT2D eigenvalue weighted by atomic mass is 9.92. The summed E-state index contributed by atoms with van der Waals surface area (Å²) in [6.45, 7) is 0. The molecule has 0 fully saturated rings. The molecule has 0 unspecified atom stereocenters. The lowest BCUT2D eigenvalue weighted by molar-refractivity contribution is 0.0804. The van der Waals surface area contributed by atoms with Crippen LogP contribution in [0.25, 0.3) is 0 Å². The molecule has 0 bridgehead atoms. The summed E-state index contributed by atoms with van der Waals surface area (Å²) in [6, 6.07) is 32.1. The number of nitrogens with zero attached hydrogens (tertiary/aromatic N) is 2. The average Bonchev–Trinajstić information content (AvgIpc) is 3.53. The molecule has 1 heterocycles. The van der Waals surface area contributed by atoms with Crippen LogP contribution in [0.4, 0.5) is 17.6 Å². The van der Waals surface area contributed by atoms with E-state index in [1.165, 1.54) is 12.0 Å². The Bertz CT molecular complexity index is 2220. The fraction of sp³-hybridized carbons (Fsp3) is 0.0732. The monoisotopic (exact) mass is 756 g/mol. The minimum absolute atomic E-state index is 0.0444. The molecule has 0 aliphatic carbocycles. The van der Waals surface area contributed by atoms with Crippen molar-refractivity contribution in [3.05, 3.63) is 189 Å². The lowest BCUT2D eigenvalue weighted by Crippen LogP contribution is -2.40. The van der Waals surface area contributed by atoms with E-state index in [4.69, 9.17) is 32.9 Å². The van der Waals surface area contributed by atoms with E-state index in [1.807, 2.05) is 36.4 Å². The highest BCUT2D eigenvalue weighted by molar-refractivity contribution is 7.80. The van der Waals surface area contributed by atoms with E-state index in [1.54, 1.807) is 60.7 Å². The van der Waals surface area contributed by atoms with Crippen LogP contribution in [0.5, 0.6) is 5.75 Å². The van der Waals surface area contributed by atoms with Gasteiger partial charge in [-0.15, -0.1) is 0 Å². The first-order chi connectivity index (χ1) is 25.1. The van der Waals surface area contributed by atoms with Crippen molar-refractivity contribution in [1.29, 1.82) is 0 Å². The number of hydrogen-bond donors (Lipinski definition) is 0. The third-order valence-electron chi connectivity index (χ3n) is 8.63. The van der Waals surface area contributed by atoms with Gasteiger partial charge in [-0.1, -0.05) is 71.7 Å². The molecule has 0 spiro atoms. The van der Waals surface area contributed by atoms with Gasteiger partial charge >= 0.3 is 0 Å². The van der Waals surface area contributed by atoms with E-state index in [9.17, 15) is 22.4 Å². The molecule has 1 aliphatic heterocycles. The smallest absolute Gasteiger partial charge is 0.260 e. The Balaban J connectivity index is 1.50. The summed E-state index contributed by atoms with van der Waals surface area (Å²) < 4.78 is 64.9. The Kier molecular flexibility index (Phi) is 10.2. The quantitative estimate of drug-likeness (QED) is 0.115. The van der Waals surface area contributed by atoms with Crippen LogP contribution in [-0.4, -0.2) is 23.8 Å². The molecule has 1 aliphatic rings. The topological polar surface area (TPSA) is 41.9 Å². The second kappa shape index (κ2) is 14.9. The van der Waals surface area contributed by atoms with Crippen molar-refractivity contribution in [2.45, 2.75) is 12.1 Å². The van der Waals surface area contributed by atoms with Crippen molar-refractivity contribution in [3.8, 4) is 5.75 Å². The summed E-state index contributed by atoms with van der Waals surface area (Å²) in [5.74, 6) is -3.43. The zero-order valence-electron chi connectivity index (χ0n) is 27.3. The number of methoxy groups -OCH3 is 1. The summed E-state index contributed by atoms with van der Waals surface area (Å²) >= 11 is 12.6. The van der Waals surface area contributed by atoms with Gasteiger partial charge in [0.1, 0.15) is 40.9 Å². The SMILES string of the molecule is COc1ccc(C(=O)N2C(c3ccccc3P(c3ccc(Cl)cc3)c3ccc(Cl)cc3)=N[C@H](c3cc(F)cc(F)c3)[C@H]2c2cc(F)cc(F)c2)cc1. The summed E-state index contributed by atoms with van der Waals surface area (Å²) in [4.78, 5) is 21.2. The maximum absolute atomic E-state index is 15.0. The zero-order chi connectivity index (χ0) is 36.5. The van der Waals surface area contributed by atoms with Crippen molar-refractivity contribution < 1.29 is 27.1 Å². The van der Waals surface area contributed by atoms with Gasteiger partial charge in [0.25, 0.3) is 5.91 Å². The first kappa shape index (κ1) is 35.4. The van der Waals surface area contributed by atoms with Crippen molar-refractivity contribution in [2.75, 3.05) is 7.11 Å². The lowest BCUT2D eigenvalue weighted by Gasteiger charge is -2.31. The Morgan fingerprint density at radius 3 is 1.69 bits per heavy atom. The third-order valence-corrected chi connectivity index (χ3v) is 11.6. The molecular formula is C41H27Cl2F4N2O2P. The van der Waals surface area contributed by atoms with E-state index in [-0.39, 0.29) is 22.5 Å². The minimum atomic E-state index is -1.36. The van der Waals surface area contributed by atoms with E-state index in [0.717, 1.165) is 46.2 Å². The van der Waals surface area contributed by atoms with Crippen LogP contribution < -0.4 is 20.7 Å². The Morgan fingerprint density at radius 2 is 1.17 bits per heavy atom. The number of carbonyl (C=O) groups is 1. The largest absolute Gasteiger partial charge is 0.497 e. The molecule has 52 heavy (non-hydrogen) atoms. The van der Waals surface area contributed by atoms with Crippen LogP contribution in [0.15, 0.2) is 138 Å². The molecule has 6 aromatic carbocycles. The first-order valence-corrected chi connectivity index (χ1v) is 18.1. The van der Waals surface area contributed by atoms with Crippen molar-refractivity contribution in [1.82, 2.24) is 4.90 Å². The van der Waals surface area contributed by atoms with Gasteiger partial charge < -0.3 is 4.74 Å². The Morgan fingerprint density at radius 1 is 0.673 bits per heavy atom. The molecular weight excluding hydrogens is 730 g/mol. The summed E-state index contributed by atoms with van der Waals surface area (Å²) in [7, 11) is 0.139. The molecule has 4 nitrogen and oxygen atoms in total. The molecule has 7 rings (SSSR count). The summed E-state index contributed by atoms with van der Waals surface area (Å²) in [5.41, 5.74) is 0.867. The predicted octanol–water partition coefficient (Wildman–Crippen LogP) is 9.70. The highest BCUT2D eigenvalue weighted by Crippen LogP contribution is 2.46. The molecule has 0 saturated heterocycles. The number of amidine groups is 1. The number of aliphatic imine (C=N–C) groups is 1. The standard InChI is InChI=1S/C41H27Cl2F4N2O2P/c1-51-33-12-6-24(7-13-33)41(50)49-39(26-20-31(46)23-32(47)21-26)38(25-18-29(44)22-30(45)19-25)48-40(49)36-4-2-3-5-37(36)52(34-14-8-27(42)9-15-34)35-16-10-28(43)11-17-35/h2-23,38-39H,1H3/t38-,39-/m1/s1. The van der Waals surface area contributed by atoms with Gasteiger partial charge in [-0.05, 0) is 108 Å². The maximum Gasteiger partial charge on any atom is 0.260 e. The second-order valence-corrected chi connectivity index (χ2v) is 15.0. The van der Waals surface area contributed by atoms with Crippen LogP contribution in [0, 0.1) is 23.3 Å². The van der Waals surface area contributed by atoms with Gasteiger partial charge in [0.2, 0.25) is 0 Å². The van der Waals surface area contributed by atoms with E-state index < -0.39 is 49.2 Å². The molecule has 0 radical (unpaired) electrons. The fourth-order valence-electron chi connectivity index (χ4n) is 6.38. The van der Waals surface area contributed by atoms with E-state index >= 15 is 0 Å². The van der Waals surface area contributed by atoms with Crippen LogP contribution in [0.3, 0.4) is 0 Å². The van der Waals surface area contributed by atoms with Crippen LogP contribution in [0.1, 0.15) is 39.1 Å². The number of halogens is 6. The highest BCUT2D eigenvalue weighted by Gasteiger charge is 2.44. The number of ether oxygens (including phenoxy) is 1. The van der Waals surface area contributed by atoms with E-state index in [0.29, 0.717) is 27.4 Å². The molecule has 0 saturated carbocycles. The first-order valence-electron chi connectivity index (χ1n) is 16.0. The number of carbonyl (C=O) groups excluding carboxylic acids is 1. The Hall–Kier alpha value is -5.01. The molecule has 0 aromatic heterocycles. The van der Waals surface area contributed by atoms with Gasteiger partial charge in [-0.3, -0.25) is 14.7 Å². The third kappa shape index (κ3) is 7.20. The van der Waals surface area contributed by atoms with Gasteiger partial charge in [0, 0.05) is 33.3 Å². The number of rotatable bonds is 8. The molecule has 260 valence electrons. The van der Waals surface area contributed by atoms with Gasteiger partial charge in [-0.2, -0.15) is 0 Å². The fourth-order valence-corrected chi connectivity index (χ4v) is 9.03. The number of hydrogen-bond acceptors (Lipinski definition) is 3. The van der Waals surface area contributed by atoms with Gasteiger partial charge in [0.15, 0.2) is 0 Å².